The second kappa shape index (κ2) is 5.09. The molecule has 1 rings (SSSR count). The maximum Gasteiger partial charge on any atom is 0.317 e. The molecule has 0 amide bonds. The highest BCUT2D eigenvalue weighted by Crippen LogP contribution is 2.19. The highest BCUT2D eigenvalue weighted by atomic mass is 35.5. The molecule has 14 heavy (non-hydrogen) atoms. The number of aliphatic carboxylic acids is 1. The fourth-order valence-corrected chi connectivity index (χ4v) is 2.81. The molecule has 0 aromatic carbocycles. The first-order valence-corrected chi connectivity index (χ1v) is 5.56. The van der Waals surface area contributed by atoms with Crippen molar-refractivity contribution in [2.75, 3.05) is 25.4 Å². The third-order valence-electron chi connectivity index (χ3n) is 2.17. The number of carboxylic acid groups (broad SMARTS) is 1. The molecule has 1 fully saturated rings. The molecule has 1 heterocycles. The molecule has 0 radical (unpaired) electrons. The summed E-state index contributed by atoms with van der Waals surface area (Å²) < 4.78 is 11.2. The van der Waals surface area contributed by atoms with Gasteiger partial charge < -0.3 is 5.11 Å². The van der Waals surface area contributed by atoms with Gasteiger partial charge in [0.15, 0.2) is 0 Å². The molecule has 1 N–H and O–H groups in total. The van der Waals surface area contributed by atoms with Crippen molar-refractivity contribution >= 4 is 29.2 Å². The Bertz CT molecular complexity index is 245. The zero-order chi connectivity index (χ0) is 10.1. The van der Waals surface area contributed by atoms with Crippen LogP contribution in [0.5, 0.6) is 0 Å². The molecule has 0 spiro atoms. The van der Waals surface area contributed by atoms with Crippen LogP contribution < -0.4 is 0 Å². The van der Waals surface area contributed by atoms with Crippen LogP contribution in [0, 0.1) is 0 Å². The lowest BCUT2D eigenvalue weighted by atomic mass is 10.2. The highest BCUT2D eigenvalue weighted by Gasteiger charge is 2.33. The van der Waals surface area contributed by atoms with E-state index in [1.54, 1.807) is 0 Å². The molecule has 1 unspecified atom stereocenters. The van der Waals surface area contributed by atoms with E-state index in [0.29, 0.717) is 18.8 Å². The van der Waals surface area contributed by atoms with Crippen molar-refractivity contribution in [2.24, 2.45) is 0 Å². The van der Waals surface area contributed by atoms with Crippen molar-refractivity contribution in [2.45, 2.75) is 18.6 Å². The lowest BCUT2D eigenvalue weighted by molar-refractivity contribution is -0.138. The highest BCUT2D eigenvalue weighted by molar-refractivity contribution is 7.86. The molecule has 0 bridgehead atoms. The molecule has 1 saturated heterocycles. The van der Waals surface area contributed by atoms with Crippen LogP contribution in [0.15, 0.2) is 0 Å². The van der Waals surface area contributed by atoms with Crippen molar-refractivity contribution in [1.29, 1.82) is 0 Å². The summed E-state index contributed by atoms with van der Waals surface area (Å²) in [5, 5.41) is 8.58. The van der Waals surface area contributed by atoms with Crippen LogP contribution >= 0.6 is 12.4 Å². The first-order chi connectivity index (χ1) is 5.92. The van der Waals surface area contributed by atoms with Crippen LogP contribution in [0.1, 0.15) is 13.8 Å². The van der Waals surface area contributed by atoms with Gasteiger partial charge in [0, 0.05) is 29.6 Å². The van der Waals surface area contributed by atoms with Gasteiger partial charge in [-0.3, -0.25) is 13.9 Å². The van der Waals surface area contributed by atoms with Gasteiger partial charge in [0.2, 0.25) is 0 Å². The molecule has 4 nitrogen and oxygen atoms in total. The van der Waals surface area contributed by atoms with Crippen molar-refractivity contribution in [3.8, 4) is 0 Å². The topological polar surface area (TPSA) is 57.6 Å². The number of rotatable bonds is 2. The second-order valence-corrected chi connectivity index (χ2v) is 6.12. The van der Waals surface area contributed by atoms with Gasteiger partial charge in [0.05, 0.1) is 11.3 Å². The minimum absolute atomic E-state index is 0. The lowest BCUT2D eigenvalue weighted by Crippen LogP contribution is -2.51. The van der Waals surface area contributed by atoms with E-state index in [1.165, 1.54) is 0 Å². The second-order valence-electron chi connectivity index (χ2n) is 3.91. The molecule has 0 aliphatic carbocycles. The Morgan fingerprint density at radius 1 is 1.57 bits per heavy atom. The molecular formula is C8H16ClNO3S. The number of halogens is 1. The zero-order valence-electron chi connectivity index (χ0n) is 8.36. The summed E-state index contributed by atoms with van der Waals surface area (Å²) >= 11 is 0. The van der Waals surface area contributed by atoms with Gasteiger partial charge in [-0.1, -0.05) is 0 Å². The minimum atomic E-state index is -0.821. The standard InChI is InChI=1S/C8H15NO3S.ClH/c1-8(2)6-9(5-7(10)11)3-4-13(8)12;/h3-6H2,1-2H3,(H,10,11);1H. The molecule has 0 saturated carbocycles. The first kappa shape index (κ1) is 13.9. The van der Waals surface area contributed by atoms with Crippen molar-refractivity contribution < 1.29 is 14.1 Å². The van der Waals surface area contributed by atoms with E-state index in [9.17, 15) is 9.00 Å². The van der Waals surface area contributed by atoms with E-state index in [-0.39, 0.29) is 23.7 Å². The van der Waals surface area contributed by atoms with E-state index in [4.69, 9.17) is 5.11 Å². The Kier molecular flexibility index (Phi) is 5.05. The fraction of sp³-hybridized carbons (Fsp3) is 0.875. The largest absolute Gasteiger partial charge is 0.480 e. The summed E-state index contributed by atoms with van der Waals surface area (Å²) in [6.45, 7) is 5.11. The number of carbonyl (C=O) groups is 1. The van der Waals surface area contributed by atoms with Gasteiger partial charge in [-0.15, -0.1) is 12.4 Å². The smallest absolute Gasteiger partial charge is 0.317 e. The number of hydrogen-bond acceptors (Lipinski definition) is 3. The Hall–Kier alpha value is -0.130. The van der Waals surface area contributed by atoms with Gasteiger partial charge >= 0.3 is 5.97 Å². The predicted octanol–water partition coefficient (Wildman–Crippen LogP) is 0.336. The summed E-state index contributed by atoms with van der Waals surface area (Å²) in [7, 11) is -0.821. The number of nitrogens with zero attached hydrogens (tertiary/aromatic N) is 1. The maximum absolute atomic E-state index is 11.5. The Labute approximate surface area is 92.5 Å². The Balaban J connectivity index is 0.00000169. The van der Waals surface area contributed by atoms with Crippen molar-refractivity contribution in [3.05, 3.63) is 0 Å². The van der Waals surface area contributed by atoms with Gasteiger partial charge in [-0.25, -0.2) is 0 Å². The molecule has 0 aromatic rings. The number of carboxylic acids is 1. The van der Waals surface area contributed by atoms with E-state index < -0.39 is 16.8 Å². The van der Waals surface area contributed by atoms with Crippen LogP contribution in [0.3, 0.4) is 0 Å². The molecule has 6 heteroatoms. The maximum atomic E-state index is 11.5. The van der Waals surface area contributed by atoms with Gasteiger partial charge in [-0.05, 0) is 13.8 Å². The normalized spacial score (nSPS) is 26.6. The van der Waals surface area contributed by atoms with Gasteiger partial charge in [-0.2, -0.15) is 0 Å². The van der Waals surface area contributed by atoms with Crippen LogP contribution in [0.4, 0.5) is 0 Å². The van der Waals surface area contributed by atoms with Crippen molar-refractivity contribution in [1.82, 2.24) is 4.90 Å². The predicted molar refractivity (Wildman–Crippen MR) is 58.4 cm³/mol. The average Bonchev–Trinajstić information content (AvgIpc) is 1.95. The zero-order valence-corrected chi connectivity index (χ0v) is 9.99. The van der Waals surface area contributed by atoms with E-state index >= 15 is 0 Å². The summed E-state index contributed by atoms with van der Waals surface area (Å²) in [4.78, 5) is 12.3. The Morgan fingerprint density at radius 2 is 2.14 bits per heavy atom. The van der Waals surface area contributed by atoms with Crippen LogP contribution in [-0.2, 0) is 15.6 Å². The van der Waals surface area contributed by atoms with Gasteiger partial charge in [0.1, 0.15) is 0 Å². The third-order valence-corrected chi connectivity index (χ3v) is 4.09. The van der Waals surface area contributed by atoms with Crippen molar-refractivity contribution in [3.63, 3.8) is 0 Å². The van der Waals surface area contributed by atoms with E-state index in [1.807, 2.05) is 18.7 Å². The van der Waals surface area contributed by atoms with E-state index in [2.05, 4.69) is 0 Å². The minimum Gasteiger partial charge on any atom is -0.480 e. The molecular weight excluding hydrogens is 226 g/mol. The quantitative estimate of drug-likeness (QED) is 0.757. The molecule has 1 aliphatic heterocycles. The fourth-order valence-electron chi connectivity index (χ4n) is 1.50. The van der Waals surface area contributed by atoms with Crippen LogP contribution in [0.25, 0.3) is 0 Å². The number of hydrogen-bond donors (Lipinski definition) is 1. The third kappa shape index (κ3) is 3.55. The molecule has 1 aliphatic rings. The van der Waals surface area contributed by atoms with Gasteiger partial charge in [0.25, 0.3) is 0 Å². The average molecular weight is 242 g/mol. The molecule has 84 valence electrons. The lowest BCUT2D eigenvalue weighted by Gasteiger charge is -2.36. The SMILES string of the molecule is CC1(C)CN(CC(=O)O)CCS1=O.Cl. The van der Waals surface area contributed by atoms with Crippen LogP contribution in [0.2, 0.25) is 0 Å². The summed E-state index contributed by atoms with van der Waals surface area (Å²) in [6.07, 6.45) is 0. The van der Waals surface area contributed by atoms with E-state index in [0.717, 1.165) is 0 Å². The van der Waals surface area contributed by atoms with Crippen LogP contribution in [-0.4, -0.2) is 50.3 Å². The summed E-state index contributed by atoms with van der Waals surface area (Å²) in [5.74, 6) is -0.233. The monoisotopic (exact) mass is 241 g/mol. The Morgan fingerprint density at radius 3 is 2.57 bits per heavy atom. The first-order valence-electron chi connectivity index (χ1n) is 4.24. The summed E-state index contributed by atoms with van der Waals surface area (Å²) in [5.41, 5.74) is 0. The molecule has 1 atom stereocenters. The molecule has 0 aromatic heterocycles. The summed E-state index contributed by atoms with van der Waals surface area (Å²) in [6, 6.07) is 0.